The minimum Gasteiger partial charge on any atom is -0.438 e. The lowest BCUT2D eigenvalue weighted by Gasteiger charge is -2.24. The van der Waals surface area contributed by atoms with Gasteiger partial charge < -0.3 is 9.73 Å². The number of amides is 1. The highest BCUT2D eigenvalue weighted by Crippen LogP contribution is 2.23. The maximum atomic E-state index is 12.5. The number of carbonyl (C=O) groups excluding carboxylic acids is 1. The molecule has 144 valence electrons. The number of nitro groups is 1. The average Bonchev–Trinajstić information content (AvgIpc) is 3.18. The predicted octanol–water partition coefficient (Wildman–Crippen LogP) is 2.29. The third kappa shape index (κ3) is 4.17. The molecular formula is C17H19N3O6S. The third-order valence-corrected chi connectivity index (χ3v) is 6.11. The van der Waals surface area contributed by atoms with Crippen molar-refractivity contribution in [3.05, 3.63) is 57.8 Å². The second-order valence-electron chi connectivity index (χ2n) is 6.15. The summed E-state index contributed by atoms with van der Waals surface area (Å²) >= 11 is 0. The van der Waals surface area contributed by atoms with Crippen LogP contribution in [-0.2, 0) is 16.6 Å². The summed E-state index contributed by atoms with van der Waals surface area (Å²) in [7, 11) is -3.76. The van der Waals surface area contributed by atoms with Crippen LogP contribution in [0.3, 0.4) is 0 Å². The van der Waals surface area contributed by atoms with Crippen LogP contribution < -0.4 is 5.32 Å². The van der Waals surface area contributed by atoms with Gasteiger partial charge in [0.05, 0.1) is 4.92 Å². The van der Waals surface area contributed by atoms with Crippen LogP contribution in [0.2, 0.25) is 0 Å². The number of para-hydroxylation sites is 1. The molecule has 2 aromatic rings. The highest BCUT2D eigenvalue weighted by atomic mass is 32.2. The van der Waals surface area contributed by atoms with Crippen molar-refractivity contribution >= 4 is 21.6 Å². The van der Waals surface area contributed by atoms with Crippen molar-refractivity contribution in [2.75, 3.05) is 13.1 Å². The molecule has 0 unspecified atom stereocenters. The number of benzene rings is 1. The molecule has 0 saturated carbocycles. The number of furan rings is 1. The molecular weight excluding hydrogens is 374 g/mol. The first-order valence-corrected chi connectivity index (χ1v) is 9.94. The number of nitrogens with one attached hydrogen (secondary N) is 1. The molecule has 1 aliphatic heterocycles. The maximum absolute atomic E-state index is 12.5. The smallest absolute Gasteiger partial charge is 0.287 e. The summed E-state index contributed by atoms with van der Waals surface area (Å²) < 4.78 is 31.7. The van der Waals surface area contributed by atoms with Crippen LogP contribution in [0.25, 0.3) is 0 Å². The van der Waals surface area contributed by atoms with Crippen molar-refractivity contribution in [2.24, 2.45) is 0 Å². The fourth-order valence-corrected chi connectivity index (χ4v) is 4.34. The van der Waals surface area contributed by atoms with E-state index in [-0.39, 0.29) is 23.1 Å². The van der Waals surface area contributed by atoms with E-state index >= 15 is 0 Å². The summed E-state index contributed by atoms with van der Waals surface area (Å²) in [6.07, 6.45) is 2.58. The summed E-state index contributed by atoms with van der Waals surface area (Å²) in [5.74, 6) is -0.808. The lowest BCUT2D eigenvalue weighted by atomic mass is 10.2. The molecule has 0 bridgehead atoms. The molecule has 1 aromatic carbocycles. The van der Waals surface area contributed by atoms with Crippen LogP contribution in [0.15, 0.2) is 45.9 Å². The largest absolute Gasteiger partial charge is 0.438 e. The van der Waals surface area contributed by atoms with Gasteiger partial charge in [0, 0.05) is 31.3 Å². The van der Waals surface area contributed by atoms with Crippen molar-refractivity contribution in [2.45, 2.75) is 30.9 Å². The minimum absolute atomic E-state index is 0.0785. The van der Waals surface area contributed by atoms with Gasteiger partial charge in [-0.3, -0.25) is 14.9 Å². The number of sulfonamides is 1. The van der Waals surface area contributed by atoms with Gasteiger partial charge in [-0.1, -0.05) is 24.6 Å². The zero-order chi connectivity index (χ0) is 19.4. The fraction of sp³-hybridized carbons (Fsp3) is 0.353. The lowest BCUT2D eigenvalue weighted by Crippen LogP contribution is -2.35. The SMILES string of the molecule is O=C(NCc1ccccc1[N+](=O)[O-])c1ccc(S(=O)(=O)N2CCCCC2)o1. The van der Waals surface area contributed by atoms with Crippen LogP contribution >= 0.6 is 0 Å². The number of hydrogen-bond donors (Lipinski definition) is 1. The Labute approximate surface area is 156 Å². The minimum atomic E-state index is -3.76. The Morgan fingerprint density at radius 3 is 2.56 bits per heavy atom. The quantitative estimate of drug-likeness (QED) is 0.593. The number of carbonyl (C=O) groups is 1. The van der Waals surface area contributed by atoms with Crippen molar-refractivity contribution in [1.82, 2.24) is 9.62 Å². The van der Waals surface area contributed by atoms with Crippen molar-refractivity contribution < 1.29 is 22.6 Å². The number of hydrogen-bond acceptors (Lipinski definition) is 6. The highest BCUT2D eigenvalue weighted by molar-refractivity contribution is 7.89. The normalized spacial score (nSPS) is 15.4. The monoisotopic (exact) mass is 393 g/mol. The van der Waals surface area contributed by atoms with Crippen LogP contribution in [0.1, 0.15) is 35.4 Å². The van der Waals surface area contributed by atoms with E-state index in [2.05, 4.69) is 5.32 Å². The van der Waals surface area contributed by atoms with Gasteiger partial charge in [0.25, 0.3) is 21.6 Å². The van der Waals surface area contributed by atoms with Crippen LogP contribution in [0.5, 0.6) is 0 Å². The molecule has 1 fully saturated rings. The van der Waals surface area contributed by atoms with Gasteiger partial charge in [-0.05, 0) is 25.0 Å². The molecule has 27 heavy (non-hydrogen) atoms. The van der Waals surface area contributed by atoms with Gasteiger partial charge in [-0.2, -0.15) is 4.31 Å². The van der Waals surface area contributed by atoms with Gasteiger partial charge in [-0.15, -0.1) is 0 Å². The summed E-state index contributed by atoms with van der Waals surface area (Å²) in [5.41, 5.74) is 0.231. The van der Waals surface area contributed by atoms with Crippen molar-refractivity contribution in [3.63, 3.8) is 0 Å². The van der Waals surface area contributed by atoms with E-state index < -0.39 is 20.9 Å². The van der Waals surface area contributed by atoms with Gasteiger partial charge in [0.2, 0.25) is 5.09 Å². The molecule has 9 nitrogen and oxygen atoms in total. The second kappa shape index (κ2) is 7.89. The van der Waals surface area contributed by atoms with E-state index in [0.717, 1.165) is 19.3 Å². The number of rotatable bonds is 6. The van der Waals surface area contributed by atoms with Crippen molar-refractivity contribution in [3.8, 4) is 0 Å². The predicted molar refractivity (Wildman–Crippen MR) is 95.6 cm³/mol. The number of nitro benzene ring substituents is 1. The summed E-state index contributed by atoms with van der Waals surface area (Å²) in [5, 5.41) is 13.2. The maximum Gasteiger partial charge on any atom is 0.287 e. The zero-order valence-corrected chi connectivity index (χ0v) is 15.3. The molecule has 10 heteroatoms. The average molecular weight is 393 g/mol. The van der Waals surface area contributed by atoms with E-state index in [0.29, 0.717) is 18.7 Å². The van der Waals surface area contributed by atoms with Gasteiger partial charge in [0.1, 0.15) is 0 Å². The Kier molecular flexibility index (Phi) is 5.57. The first-order chi connectivity index (χ1) is 12.9. The second-order valence-corrected chi connectivity index (χ2v) is 8.02. The summed E-state index contributed by atoms with van der Waals surface area (Å²) in [4.78, 5) is 22.7. The van der Waals surface area contributed by atoms with E-state index in [4.69, 9.17) is 4.42 Å². The van der Waals surface area contributed by atoms with E-state index in [9.17, 15) is 23.3 Å². The Hall–Kier alpha value is -2.72. The van der Waals surface area contributed by atoms with Crippen molar-refractivity contribution in [1.29, 1.82) is 0 Å². The molecule has 1 amide bonds. The van der Waals surface area contributed by atoms with E-state index in [1.807, 2.05) is 0 Å². The Bertz CT molecular complexity index is 947. The molecule has 0 aliphatic carbocycles. The Morgan fingerprint density at radius 1 is 1.15 bits per heavy atom. The summed E-state index contributed by atoms with van der Waals surface area (Å²) in [6, 6.07) is 8.58. The molecule has 1 aromatic heterocycles. The molecule has 2 heterocycles. The molecule has 3 rings (SSSR count). The topological polar surface area (TPSA) is 123 Å². The molecule has 0 radical (unpaired) electrons. The van der Waals surface area contributed by atoms with E-state index in [1.54, 1.807) is 6.07 Å². The van der Waals surface area contributed by atoms with Crippen LogP contribution in [0, 0.1) is 10.1 Å². The Morgan fingerprint density at radius 2 is 1.85 bits per heavy atom. The first-order valence-electron chi connectivity index (χ1n) is 8.50. The fourth-order valence-electron chi connectivity index (χ4n) is 2.91. The van der Waals surface area contributed by atoms with E-state index in [1.165, 1.54) is 34.6 Å². The molecule has 0 spiro atoms. The number of piperidine rings is 1. The first kappa shape index (κ1) is 19.1. The van der Waals surface area contributed by atoms with Gasteiger partial charge >= 0.3 is 0 Å². The number of nitrogens with zero attached hydrogens (tertiary/aromatic N) is 2. The van der Waals surface area contributed by atoms with Crippen LogP contribution in [0.4, 0.5) is 5.69 Å². The molecule has 1 N–H and O–H groups in total. The molecule has 1 saturated heterocycles. The molecule has 1 aliphatic rings. The van der Waals surface area contributed by atoms with Crippen LogP contribution in [-0.4, -0.2) is 36.6 Å². The molecule has 0 atom stereocenters. The lowest BCUT2D eigenvalue weighted by molar-refractivity contribution is -0.385. The standard InChI is InChI=1S/C17H19N3O6S/c21-17(18-12-13-6-2-3-7-14(13)20(22)23)15-8-9-16(26-15)27(24,25)19-10-4-1-5-11-19/h2-3,6-9H,1,4-5,10-12H2,(H,18,21). The van der Waals surface area contributed by atoms with Gasteiger partial charge in [0.15, 0.2) is 5.76 Å². The van der Waals surface area contributed by atoms with Gasteiger partial charge in [-0.25, -0.2) is 8.42 Å². The third-order valence-electron chi connectivity index (χ3n) is 4.34. The summed E-state index contributed by atoms with van der Waals surface area (Å²) in [6.45, 7) is 0.787. The highest BCUT2D eigenvalue weighted by Gasteiger charge is 2.29. The zero-order valence-electron chi connectivity index (χ0n) is 14.5. The Balaban J connectivity index is 1.69.